The van der Waals surface area contributed by atoms with Gasteiger partial charge in [-0.1, -0.05) is 43.7 Å². The van der Waals surface area contributed by atoms with Gasteiger partial charge in [0.15, 0.2) is 0 Å². The lowest BCUT2D eigenvalue weighted by atomic mass is 9.81. The van der Waals surface area contributed by atoms with Crippen LogP contribution in [0.5, 0.6) is 0 Å². The van der Waals surface area contributed by atoms with E-state index in [9.17, 15) is 0 Å². The highest BCUT2D eigenvalue weighted by molar-refractivity contribution is 5.18. The van der Waals surface area contributed by atoms with E-state index in [0.29, 0.717) is 0 Å². The summed E-state index contributed by atoms with van der Waals surface area (Å²) in [5.74, 6) is 0.901. The van der Waals surface area contributed by atoms with Crippen molar-refractivity contribution in [2.45, 2.75) is 44.6 Å². The molecule has 1 atom stereocenters. The Balaban J connectivity index is 2.06. The van der Waals surface area contributed by atoms with Gasteiger partial charge in [0.05, 0.1) is 0 Å². The molecule has 0 amide bonds. The van der Waals surface area contributed by atoms with Crippen LogP contribution in [-0.4, -0.2) is 30.6 Å². The molecule has 2 heteroatoms. The molecule has 1 aliphatic rings. The van der Waals surface area contributed by atoms with Gasteiger partial charge in [-0.15, -0.1) is 0 Å². The molecular formula is C17H28N2. The summed E-state index contributed by atoms with van der Waals surface area (Å²) in [4.78, 5) is 2.53. The van der Waals surface area contributed by atoms with Gasteiger partial charge >= 0.3 is 0 Å². The smallest absolute Gasteiger partial charge is 0.0366 e. The summed E-state index contributed by atoms with van der Waals surface area (Å²) in [5, 5.41) is 0. The highest BCUT2D eigenvalue weighted by Gasteiger charge is 2.33. The molecule has 2 rings (SSSR count). The zero-order valence-electron chi connectivity index (χ0n) is 12.4. The summed E-state index contributed by atoms with van der Waals surface area (Å²) in [6.45, 7) is 4.21. The summed E-state index contributed by atoms with van der Waals surface area (Å²) in [5.41, 5.74) is 7.68. The van der Waals surface area contributed by atoms with E-state index in [1.54, 1.807) is 0 Å². The van der Waals surface area contributed by atoms with Gasteiger partial charge in [0, 0.05) is 18.6 Å². The maximum absolute atomic E-state index is 6.16. The molecule has 2 N–H and O–H groups in total. The molecule has 0 radical (unpaired) electrons. The Morgan fingerprint density at radius 2 is 1.95 bits per heavy atom. The quantitative estimate of drug-likeness (QED) is 0.816. The Kier molecular flexibility index (Phi) is 5.00. The van der Waals surface area contributed by atoms with Crippen molar-refractivity contribution in [1.82, 2.24) is 4.90 Å². The minimum Gasteiger partial charge on any atom is -0.329 e. The lowest BCUT2D eigenvalue weighted by Crippen LogP contribution is -2.55. The molecule has 19 heavy (non-hydrogen) atoms. The third-order valence-corrected chi connectivity index (χ3v) is 4.98. The summed E-state index contributed by atoms with van der Waals surface area (Å²) in [7, 11) is 2.26. The number of likely N-dealkylation sites (N-methyl/N-ethyl adjacent to an activating group) is 1. The van der Waals surface area contributed by atoms with Crippen molar-refractivity contribution in [2.75, 3.05) is 20.1 Å². The molecule has 1 aromatic carbocycles. The van der Waals surface area contributed by atoms with E-state index in [1.165, 1.54) is 31.4 Å². The van der Waals surface area contributed by atoms with Gasteiger partial charge in [-0.25, -0.2) is 0 Å². The van der Waals surface area contributed by atoms with Crippen molar-refractivity contribution in [3.63, 3.8) is 0 Å². The largest absolute Gasteiger partial charge is 0.329 e. The Morgan fingerprint density at radius 1 is 1.26 bits per heavy atom. The monoisotopic (exact) mass is 260 g/mol. The molecule has 0 aromatic heterocycles. The van der Waals surface area contributed by atoms with Crippen molar-refractivity contribution in [2.24, 2.45) is 11.7 Å². The van der Waals surface area contributed by atoms with Gasteiger partial charge in [-0.05, 0) is 44.2 Å². The Hall–Kier alpha value is -0.860. The number of rotatable bonds is 7. The third-order valence-electron chi connectivity index (χ3n) is 4.98. The third kappa shape index (κ3) is 3.37. The van der Waals surface area contributed by atoms with Gasteiger partial charge in [0.1, 0.15) is 0 Å². The van der Waals surface area contributed by atoms with Gasteiger partial charge in [0.2, 0.25) is 0 Å². The molecule has 0 spiro atoms. The summed E-state index contributed by atoms with van der Waals surface area (Å²) < 4.78 is 0. The van der Waals surface area contributed by atoms with E-state index >= 15 is 0 Å². The molecule has 1 aromatic rings. The highest BCUT2D eigenvalue weighted by Crippen LogP contribution is 2.31. The first kappa shape index (κ1) is 14.5. The second-order valence-corrected chi connectivity index (χ2v) is 6.12. The van der Waals surface area contributed by atoms with E-state index in [4.69, 9.17) is 5.73 Å². The molecule has 2 nitrogen and oxygen atoms in total. The van der Waals surface area contributed by atoms with Crippen LogP contribution in [0.4, 0.5) is 0 Å². The Labute approximate surface area is 118 Å². The second kappa shape index (κ2) is 6.53. The average molecular weight is 260 g/mol. The topological polar surface area (TPSA) is 29.3 Å². The van der Waals surface area contributed by atoms with Crippen LogP contribution < -0.4 is 5.73 Å². The first-order valence-corrected chi connectivity index (χ1v) is 7.65. The first-order valence-electron chi connectivity index (χ1n) is 7.65. The number of nitrogens with two attached hydrogens (primary N) is 1. The lowest BCUT2D eigenvalue weighted by molar-refractivity contribution is 0.0808. The number of benzene rings is 1. The fraction of sp³-hybridized carbons (Fsp3) is 0.647. The SMILES string of the molecule is CCC(CN)(Cc1ccccc1)N(C)CC1CCC1. The standard InChI is InChI=1S/C17H28N2/c1-3-17(14-18,12-15-8-5-4-6-9-15)19(2)13-16-10-7-11-16/h4-6,8-9,16H,3,7,10-14,18H2,1-2H3. The van der Waals surface area contributed by atoms with E-state index in [2.05, 4.69) is 49.2 Å². The molecule has 1 saturated carbocycles. The predicted molar refractivity (Wildman–Crippen MR) is 82.2 cm³/mol. The molecular weight excluding hydrogens is 232 g/mol. The van der Waals surface area contributed by atoms with E-state index in [0.717, 1.165) is 25.3 Å². The molecule has 1 fully saturated rings. The van der Waals surface area contributed by atoms with Gasteiger partial charge in [0.25, 0.3) is 0 Å². The van der Waals surface area contributed by atoms with Crippen LogP contribution in [-0.2, 0) is 6.42 Å². The van der Waals surface area contributed by atoms with Gasteiger partial charge in [-0.2, -0.15) is 0 Å². The van der Waals surface area contributed by atoms with Crippen LogP contribution in [0, 0.1) is 5.92 Å². The summed E-state index contributed by atoms with van der Waals surface area (Å²) in [6, 6.07) is 10.8. The molecule has 0 aliphatic heterocycles. The van der Waals surface area contributed by atoms with Crippen molar-refractivity contribution in [1.29, 1.82) is 0 Å². The molecule has 106 valence electrons. The zero-order valence-corrected chi connectivity index (χ0v) is 12.4. The first-order chi connectivity index (χ1) is 9.20. The molecule has 0 bridgehead atoms. The molecule has 1 aliphatic carbocycles. The van der Waals surface area contributed by atoms with Crippen molar-refractivity contribution in [3.8, 4) is 0 Å². The van der Waals surface area contributed by atoms with E-state index in [1.807, 2.05) is 0 Å². The minimum absolute atomic E-state index is 0.122. The highest BCUT2D eigenvalue weighted by atomic mass is 15.2. The Morgan fingerprint density at radius 3 is 2.42 bits per heavy atom. The van der Waals surface area contributed by atoms with Gasteiger partial charge in [-0.3, -0.25) is 4.90 Å². The van der Waals surface area contributed by atoms with Crippen LogP contribution in [0.2, 0.25) is 0 Å². The maximum atomic E-state index is 6.16. The van der Waals surface area contributed by atoms with Crippen LogP contribution in [0.15, 0.2) is 30.3 Å². The fourth-order valence-corrected chi connectivity index (χ4v) is 3.13. The summed E-state index contributed by atoms with van der Waals surface area (Å²) >= 11 is 0. The van der Waals surface area contributed by atoms with Crippen LogP contribution in [0.1, 0.15) is 38.2 Å². The Bertz CT molecular complexity index is 366. The van der Waals surface area contributed by atoms with Gasteiger partial charge < -0.3 is 5.73 Å². The van der Waals surface area contributed by atoms with Crippen LogP contribution in [0.25, 0.3) is 0 Å². The fourth-order valence-electron chi connectivity index (χ4n) is 3.13. The zero-order chi connectivity index (χ0) is 13.7. The number of nitrogens with zero attached hydrogens (tertiary/aromatic N) is 1. The lowest BCUT2D eigenvalue weighted by Gasteiger charge is -2.44. The van der Waals surface area contributed by atoms with Crippen LogP contribution >= 0.6 is 0 Å². The predicted octanol–water partition coefficient (Wildman–Crippen LogP) is 3.07. The van der Waals surface area contributed by atoms with E-state index in [-0.39, 0.29) is 5.54 Å². The second-order valence-electron chi connectivity index (χ2n) is 6.12. The minimum atomic E-state index is 0.122. The van der Waals surface area contributed by atoms with Crippen molar-refractivity contribution < 1.29 is 0 Å². The maximum Gasteiger partial charge on any atom is 0.0366 e. The molecule has 0 saturated heterocycles. The van der Waals surface area contributed by atoms with Crippen molar-refractivity contribution in [3.05, 3.63) is 35.9 Å². The number of hydrogen-bond donors (Lipinski definition) is 1. The normalized spacial score (nSPS) is 19.2. The molecule has 0 heterocycles. The molecule has 1 unspecified atom stereocenters. The van der Waals surface area contributed by atoms with Crippen molar-refractivity contribution >= 4 is 0 Å². The summed E-state index contributed by atoms with van der Waals surface area (Å²) in [6.07, 6.45) is 6.39. The van der Waals surface area contributed by atoms with E-state index < -0.39 is 0 Å². The van der Waals surface area contributed by atoms with Crippen LogP contribution in [0.3, 0.4) is 0 Å². The number of hydrogen-bond acceptors (Lipinski definition) is 2. The average Bonchev–Trinajstić information content (AvgIpc) is 2.41.